The van der Waals surface area contributed by atoms with Crippen LogP contribution in [0.5, 0.6) is 5.75 Å². The van der Waals surface area contributed by atoms with E-state index in [1.54, 1.807) is 25.3 Å². The van der Waals surface area contributed by atoms with Crippen LogP contribution in [-0.2, 0) is 0 Å². The Morgan fingerprint density at radius 3 is 2.67 bits per heavy atom. The standard InChI is InChI=1S/C14H20N2O2/c1-10-5-7-16(8-6-10)14(17)12-4-3-11(15)9-13(12)18-2/h3-4,9-10H,5-8,15H2,1-2H3. The number of carbonyl (C=O) groups is 1. The van der Waals surface area contributed by atoms with Crippen molar-refractivity contribution < 1.29 is 9.53 Å². The highest BCUT2D eigenvalue weighted by Crippen LogP contribution is 2.25. The molecule has 1 amide bonds. The molecule has 0 aromatic heterocycles. The highest BCUT2D eigenvalue weighted by Gasteiger charge is 2.23. The van der Waals surface area contributed by atoms with E-state index in [4.69, 9.17) is 10.5 Å². The number of nitrogens with zero attached hydrogens (tertiary/aromatic N) is 1. The van der Waals surface area contributed by atoms with Crippen LogP contribution in [0.1, 0.15) is 30.1 Å². The molecule has 1 saturated heterocycles. The Bertz CT molecular complexity index is 437. The van der Waals surface area contributed by atoms with E-state index < -0.39 is 0 Å². The summed E-state index contributed by atoms with van der Waals surface area (Å²) >= 11 is 0. The lowest BCUT2D eigenvalue weighted by atomic mass is 9.98. The van der Waals surface area contributed by atoms with E-state index in [0.717, 1.165) is 25.9 Å². The minimum Gasteiger partial charge on any atom is -0.496 e. The maximum absolute atomic E-state index is 12.4. The van der Waals surface area contributed by atoms with Gasteiger partial charge in [0.1, 0.15) is 5.75 Å². The molecule has 1 aromatic rings. The SMILES string of the molecule is COc1cc(N)ccc1C(=O)N1CCC(C)CC1. The predicted molar refractivity (Wildman–Crippen MR) is 71.7 cm³/mol. The fourth-order valence-electron chi connectivity index (χ4n) is 2.27. The number of methoxy groups -OCH3 is 1. The maximum atomic E-state index is 12.4. The number of nitrogens with two attached hydrogens (primary N) is 1. The van der Waals surface area contributed by atoms with Crippen molar-refractivity contribution in [3.8, 4) is 5.75 Å². The number of piperidine rings is 1. The van der Waals surface area contributed by atoms with Crippen LogP contribution < -0.4 is 10.5 Å². The molecule has 0 spiro atoms. The Morgan fingerprint density at radius 1 is 1.39 bits per heavy atom. The molecule has 18 heavy (non-hydrogen) atoms. The first-order chi connectivity index (χ1) is 8.61. The van der Waals surface area contributed by atoms with Gasteiger partial charge in [0.25, 0.3) is 5.91 Å². The fraction of sp³-hybridized carbons (Fsp3) is 0.500. The van der Waals surface area contributed by atoms with Crippen molar-refractivity contribution in [1.29, 1.82) is 0 Å². The number of amides is 1. The van der Waals surface area contributed by atoms with Gasteiger partial charge in [-0.15, -0.1) is 0 Å². The number of carbonyl (C=O) groups excluding carboxylic acids is 1. The molecule has 2 rings (SSSR count). The van der Waals surface area contributed by atoms with Crippen LogP contribution in [0.25, 0.3) is 0 Å². The molecule has 0 aliphatic carbocycles. The zero-order chi connectivity index (χ0) is 13.1. The first-order valence-electron chi connectivity index (χ1n) is 6.34. The number of ether oxygens (including phenoxy) is 1. The zero-order valence-electron chi connectivity index (χ0n) is 11.0. The van der Waals surface area contributed by atoms with Gasteiger partial charge in [-0.25, -0.2) is 0 Å². The molecule has 2 N–H and O–H groups in total. The third-order valence-electron chi connectivity index (χ3n) is 3.53. The Morgan fingerprint density at radius 2 is 2.06 bits per heavy atom. The molecule has 0 bridgehead atoms. The van der Waals surface area contributed by atoms with Crippen molar-refractivity contribution in [2.24, 2.45) is 5.92 Å². The number of nitrogen functional groups attached to an aromatic ring is 1. The molecular weight excluding hydrogens is 228 g/mol. The average molecular weight is 248 g/mol. The van der Waals surface area contributed by atoms with Gasteiger partial charge < -0.3 is 15.4 Å². The second kappa shape index (κ2) is 5.29. The first kappa shape index (κ1) is 12.7. The fourth-order valence-corrected chi connectivity index (χ4v) is 2.27. The van der Waals surface area contributed by atoms with Gasteiger partial charge >= 0.3 is 0 Å². The molecule has 1 fully saturated rings. The number of benzene rings is 1. The number of hydrogen-bond acceptors (Lipinski definition) is 3. The molecule has 0 radical (unpaired) electrons. The number of rotatable bonds is 2. The highest BCUT2D eigenvalue weighted by atomic mass is 16.5. The van der Waals surface area contributed by atoms with E-state index in [-0.39, 0.29) is 5.91 Å². The third-order valence-corrected chi connectivity index (χ3v) is 3.53. The summed E-state index contributed by atoms with van der Waals surface area (Å²) in [5, 5.41) is 0. The lowest BCUT2D eigenvalue weighted by Gasteiger charge is -2.30. The normalized spacial score (nSPS) is 16.7. The Balaban J connectivity index is 2.18. The van der Waals surface area contributed by atoms with E-state index in [0.29, 0.717) is 22.9 Å². The summed E-state index contributed by atoms with van der Waals surface area (Å²) in [5.74, 6) is 1.31. The van der Waals surface area contributed by atoms with Gasteiger partial charge in [0.15, 0.2) is 0 Å². The van der Waals surface area contributed by atoms with Gasteiger partial charge in [0.05, 0.1) is 12.7 Å². The smallest absolute Gasteiger partial charge is 0.257 e. The van der Waals surface area contributed by atoms with Gasteiger partial charge in [-0.1, -0.05) is 6.92 Å². The van der Waals surface area contributed by atoms with Crippen molar-refractivity contribution in [3.05, 3.63) is 23.8 Å². The molecule has 98 valence electrons. The van der Waals surface area contributed by atoms with E-state index in [2.05, 4.69) is 6.92 Å². The van der Waals surface area contributed by atoms with Crippen molar-refractivity contribution in [1.82, 2.24) is 4.90 Å². The van der Waals surface area contributed by atoms with Crippen molar-refractivity contribution >= 4 is 11.6 Å². The molecule has 0 saturated carbocycles. The van der Waals surface area contributed by atoms with Crippen LogP contribution >= 0.6 is 0 Å². The third kappa shape index (κ3) is 2.58. The number of anilines is 1. The Hall–Kier alpha value is -1.71. The Labute approximate surface area is 108 Å². The van der Waals surface area contributed by atoms with Gasteiger partial charge in [0, 0.05) is 24.8 Å². The quantitative estimate of drug-likeness (QED) is 0.816. The molecule has 4 heteroatoms. The monoisotopic (exact) mass is 248 g/mol. The topological polar surface area (TPSA) is 55.6 Å². The largest absolute Gasteiger partial charge is 0.496 e. The van der Waals surface area contributed by atoms with Gasteiger partial charge in [-0.05, 0) is 30.9 Å². The summed E-state index contributed by atoms with van der Waals surface area (Å²) in [6.07, 6.45) is 2.14. The van der Waals surface area contributed by atoms with Crippen LogP contribution in [0.15, 0.2) is 18.2 Å². The predicted octanol–water partition coefficient (Wildman–Crippen LogP) is 2.15. The van der Waals surface area contributed by atoms with Crippen molar-refractivity contribution in [2.45, 2.75) is 19.8 Å². The summed E-state index contributed by atoms with van der Waals surface area (Å²) in [5.41, 5.74) is 6.90. The molecule has 4 nitrogen and oxygen atoms in total. The molecule has 1 aromatic carbocycles. The number of likely N-dealkylation sites (tertiary alicyclic amines) is 1. The summed E-state index contributed by atoms with van der Waals surface area (Å²) in [6, 6.07) is 5.18. The summed E-state index contributed by atoms with van der Waals surface area (Å²) in [6.45, 7) is 3.88. The summed E-state index contributed by atoms with van der Waals surface area (Å²) in [4.78, 5) is 14.3. The summed E-state index contributed by atoms with van der Waals surface area (Å²) < 4.78 is 5.23. The van der Waals surface area contributed by atoms with Crippen LogP contribution in [0.4, 0.5) is 5.69 Å². The van der Waals surface area contributed by atoms with Gasteiger partial charge in [-0.3, -0.25) is 4.79 Å². The first-order valence-corrected chi connectivity index (χ1v) is 6.34. The van der Waals surface area contributed by atoms with E-state index >= 15 is 0 Å². The van der Waals surface area contributed by atoms with Crippen molar-refractivity contribution in [2.75, 3.05) is 25.9 Å². The molecule has 0 unspecified atom stereocenters. The Kier molecular flexibility index (Phi) is 3.75. The minimum absolute atomic E-state index is 0.0405. The molecule has 0 atom stereocenters. The lowest BCUT2D eigenvalue weighted by Crippen LogP contribution is -2.38. The lowest BCUT2D eigenvalue weighted by molar-refractivity contribution is 0.0694. The van der Waals surface area contributed by atoms with Crippen LogP contribution in [-0.4, -0.2) is 31.0 Å². The van der Waals surface area contributed by atoms with E-state index in [1.165, 1.54) is 0 Å². The molecule has 1 aliphatic rings. The van der Waals surface area contributed by atoms with Crippen LogP contribution in [0.2, 0.25) is 0 Å². The second-order valence-corrected chi connectivity index (χ2v) is 4.93. The molecule has 1 aliphatic heterocycles. The van der Waals surface area contributed by atoms with E-state index in [1.807, 2.05) is 4.90 Å². The van der Waals surface area contributed by atoms with Crippen LogP contribution in [0, 0.1) is 5.92 Å². The maximum Gasteiger partial charge on any atom is 0.257 e. The van der Waals surface area contributed by atoms with Crippen molar-refractivity contribution in [3.63, 3.8) is 0 Å². The number of hydrogen-bond donors (Lipinski definition) is 1. The average Bonchev–Trinajstić information content (AvgIpc) is 2.38. The zero-order valence-corrected chi connectivity index (χ0v) is 11.0. The molecular formula is C14H20N2O2. The van der Waals surface area contributed by atoms with Crippen LogP contribution in [0.3, 0.4) is 0 Å². The minimum atomic E-state index is 0.0405. The highest BCUT2D eigenvalue weighted by molar-refractivity contribution is 5.97. The molecule has 1 heterocycles. The van der Waals surface area contributed by atoms with E-state index in [9.17, 15) is 4.79 Å². The van der Waals surface area contributed by atoms with Gasteiger partial charge in [0.2, 0.25) is 0 Å². The van der Waals surface area contributed by atoms with Gasteiger partial charge in [-0.2, -0.15) is 0 Å². The second-order valence-electron chi connectivity index (χ2n) is 4.93. The summed E-state index contributed by atoms with van der Waals surface area (Å²) in [7, 11) is 1.56.